The van der Waals surface area contributed by atoms with Crippen molar-refractivity contribution in [1.29, 1.82) is 0 Å². The van der Waals surface area contributed by atoms with Gasteiger partial charge in [0.05, 0.1) is 0 Å². The van der Waals surface area contributed by atoms with E-state index in [-0.39, 0.29) is 0 Å². The summed E-state index contributed by atoms with van der Waals surface area (Å²) in [6.07, 6.45) is -17.9. The highest BCUT2D eigenvalue weighted by Crippen LogP contribution is 2.31. The zero-order chi connectivity index (χ0) is 28.6. The first kappa shape index (κ1) is 32.1. The van der Waals surface area contributed by atoms with Crippen LogP contribution in [-0.2, 0) is 52.4 Å². The Labute approximate surface area is 210 Å². The molecule has 16 heteroatoms. The Morgan fingerprint density at radius 3 is 1.32 bits per heavy atom. The fourth-order valence-corrected chi connectivity index (χ4v) is 2.70. The van der Waals surface area contributed by atoms with Crippen LogP contribution in [0.15, 0.2) is 0 Å². The molecule has 0 aliphatic carbocycles. The second kappa shape index (κ2) is 14.2. The standard InChI is InChI=1S/C21H32O16/c1-7(22)16(27)32-6-12-13(34-17(28)8(2)23)14(35-18(29)9(3)24)15(36-19(30)10(4)25)21(33-12)37-20(31)11(5)26/h7-15,21-26H,6H2,1-5H3. The molecule has 1 heterocycles. The normalized spacial score (nSPS) is 27.5. The van der Waals surface area contributed by atoms with Crippen LogP contribution in [0.4, 0.5) is 0 Å². The lowest BCUT2D eigenvalue weighted by atomic mass is 9.97. The minimum Gasteiger partial charge on any atom is -0.461 e. The summed E-state index contributed by atoms with van der Waals surface area (Å²) in [7, 11) is 0. The molecule has 0 bridgehead atoms. The van der Waals surface area contributed by atoms with E-state index in [1.54, 1.807) is 0 Å². The van der Waals surface area contributed by atoms with Gasteiger partial charge in [-0.1, -0.05) is 0 Å². The van der Waals surface area contributed by atoms with Crippen molar-refractivity contribution < 1.29 is 77.9 Å². The monoisotopic (exact) mass is 540 g/mol. The van der Waals surface area contributed by atoms with E-state index in [9.17, 15) is 49.5 Å². The van der Waals surface area contributed by atoms with Crippen molar-refractivity contribution in [3.8, 4) is 0 Å². The predicted molar refractivity (Wildman–Crippen MR) is 114 cm³/mol. The van der Waals surface area contributed by atoms with Crippen LogP contribution in [0.25, 0.3) is 0 Å². The summed E-state index contributed by atoms with van der Waals surface area (Å²) in [5.41, 5.74) is 0. The second-order valence-corrected chi connectivity index (χ2v) is 8.19. The van der Waals surface area contributed by atoms with Crippen LogP contribution < -0.4 is 0 Å². The van der Waals surface area contributed by atoms with Gasteiger partial charge in [0.25, 0.3) is 0 Å². The third kappa shape index (κ3) is 9.49. The van der Waals surface area contributed by atoms with Gasteiger partial charge in [0.2, 0.25) is 12.4 Å². The van der Waals surface area contributed by atoms with Gasteiger partial charge in [-0.2, -0.15) is 0 Å². The van der Waals surface area contributed by atoms with Gasteiger partial charge in [0.15, 0.2) is 12.2 Å². The number of aliphatic hydroxyl groups is 5. The first-order valence-corrected chi connectivity index (χ1v) is 11.1. The van der Waals surface area contributed by atoms with Gasteiger partial charge >= 0.3 is 29.8 Å². The predicted octanol–water partition coefficient (Wildman–Crippen LogP) is -3.56. The lowest BCUT2D eigenvalue weighted by Crippen LogP contribution is -2.64. The van der Waals surface area contributed by atoms with Crippen molar-refractivity contribution in [1.82, 2.24) is 0 Å². The molecule has 1 fully saturated rings. The zero-order valence-corrected chi connectivity index (χ0v) is 20.7. The Morgan fingerprint density at radius 1 is 0.568 bits per heavy atom. The van der Waals surface area contributed by atoms with E-state index in [1.807, 2.05) is 0 Å². The Hall–Kier alpha value is -2.89. The van der Waals surface area contributed by atoms with Gasteiger partial charge < -0.3 is 54.0 Å². The highest BCUT2D eigenvalue weighted by atomic mass is 16.8. The van der Waals surface area contributed by atoms with E-state index >= 15 is 0 Å². The van der Waals surface area contributed by atoms with E-state index < -0.39 is 97.7 Å². The molecule has 10 unspecified atom stereocenters. The number of carbonyl (C=O) groups excluding carboxylic acids is 5. The van der Waals surface area contributed by atoms with E-state index in [0.29, 0.717) is 0 Å². The maximum atomic E-state index is 12.3. The Kier molecular flexibility index (Phi) is 12.3. The van der Waals surface area contributed by atoms with Crippen LogP contribution >= 0.6 is 0 Å². The van der Waals surface area contributed by atoms with E-state index in [0.717, 1.165) is 34.6 Å². The summed E-state index contributed by atoms with van der Waals surface area (Å²) in [6.45, 7) is 4.36. The van der Waals surface area contributed by atoms with Gasteiger partial charge in [0.1, 0.15) is 43.2 Å². The molecular formula is C21H32O16. The third-order valence-electron chi connectivity index (χ3n) is 4.68. The van der Waals surface area contributed by atoms with Crippen molar-refractivity contribution >= 4 is 29.8 Å². The lowest BCUT2D eigenvalue weighted by Gasteiger charge is -2.44. The topological polar surface area (TPSA) is 242 Å². The molecule has 1 aliphatic heterocycles. The van der Waals surface area contributed by atoms with E-state index in [4.69, 9.17) is 28.4 Å². The molecule has 0 radical (unpaired) electrons. The van der Waals surface area contributed by atoms with Crippen LogP contribution in [0.2, 0.25) is 0 Å². The average Bonchev–Trinajstić information content (AvgIpc) is 2.80. The van der Waals surface area contributed by atoms with Gasteiger partial charge in [-0.05, 0) is 34.6 Å². The Bertz CT molecular complexity index is 819. The second-order valence-electron chi connectivity index (χ2n) is 8.19. The van der Waals surface area contributed by atoms with Crippen molar-refractivity contribution in [2.75, 3.05) is 6.61 Å². The fraction of sp³-hybridized carbons (Fsp3) is 0.762. The Morgan fingerprint density at radius 2 is 0.919 bits per heavy atom. The van der Waals surface area contributed by atoms with E-state index in [2.05, 4.69) is 0 Å². The number of esters is 5. The van der Waals surface area contributed by atoms with E-state index in [1.165, 1.54) is 0 Å². The van der Waals surface area contributed by atoms with Crippen LogP contribution in [0.1, 0.15) is 34.6 Å². The molecule has 10 atom stereocenters. The van der Waals surface area contributed by atoms with Crippen LogP contribution in [-0.4, -0.2) is 123 Å². The molecule has 0 aromatic rings. The molecule has 1 rings (SSSR count). The van der Waals surface area contributed by atoms with Crippen molar-refractivity contribution in [3.63, 3.8) is 0 Å². The van der Waals surface area contributed by atoms with Crippen LogP contribution in [0.5, 0.6) is 0 Å². The zero-order valence-electron chi connectivity index (χ0n) is 20.7. The number of hydrogen-bond donors (Lipinski definition) is 5. The summed E-state index contributed by atoms with van der Waals surface area (Å²) in [5.74, 6) is -6.41. The maximum Gasteiger partial charge on any atom is 0.337 e. The molecule has 1 saturated heterocycles. The summed E-state index contributed by atoms with van der Waals surface area (Å²) in [4.78, 5) is 60.6. The number of rotatable bonds is 11. The molecule has 5 N–H and O–H groups in total. The highest BCUT2D eigenvalue weighted by molar-refractivity contribution is 5.77. The number of carbonyl (C=O) groups is 5. The average molecular weight is 540 g/mol. The van der Waals surface area contributed by atoms with Gasteiger partial charge in [-0.25, -0.2) is 24.0 Å². The quantitative estimate of drug-likeness (QED) is 0.126. The molecule has 0 spiro atoms. The molecule has 1 aliphatic rings. The summed E-state index contributed by atoms with van der Waals surface area (Å²) < 4.78 is 30.8. The maximum absolute atomic E-state index is 12.3. The molecule has 37 heavy (non-hydrogen) atoms. The summed E-state index contributed by atoms with van der Waals surface area (Å²) in [5, 5.41) is 47.7. The lowest BCUT2D eigenvalue weighted by molar-refractivity contribution is -0.305. The Balaban J connectivity index is 3.59. The molecular weight excluding hydrogens is 508 g/mol. The minimum atomic E-state index is -2.01. The summed E-state index contributed by atoms with van der Waals surface area (Å²) in [6, 6.07) is 0. The number of aliphatic hydroxyl groups excluding tert-OH is 5. The molecule has 0 aromatic heterocycles. The fourth-order valence-electron chi connectivity index (χ4n) is 2.70. The molecule has 0 saturated carbocycles. The van der Waals surface area contributed by atoms with Gasteiger partial charge in [-0.15, -0.1) is 0 Å². The largest absolute Gasteiger partial charge is 0.461 e. The SMILES string of the molecule is CC(O)C(=O)OCC1OC(OC(=O)C(C)O)C(OC(=O)C(C)O)C(OC(=O)C(C)O)C1OC(=O)C(C)O. The smallest absolute Gasteiger partial charge is 0.337 e. The number of ether oxygens (including phenoxy) is 6. The van der Waals surface area contributed by atoms with Crippen LogP contribution in [0, 0.1) is 0 Å². The van der Waals surface area contributed by atoms with Gasteiger partial charge in [0, 0.05) is 0 Å². The molecule has 16 nitrogen and oxygen atoms in total. The summed E-state index contributed by atoms with van der Waals surface area (Å²) >= 11 is 0. The highest BCUT2D eigenvalue weighted by Gasteiger charge is 2.55. The molecule has 0 amide bonds. The van der Waals surface area contributed by atoms with Crippen molar-refractivity contribution in [2.24, 2.45) is 0 Å². The van der Waals surface area contributed by atoms with Crippen LogP contribution in [0.3, 0.4) is 0 Å². The van der Waals surface area contributed by atoms with Crippen molar-refractivity contribution in [2.45, 2.75) is 95.8 Å². The van der Waals surface area contributed by atoms with Crippen molar-refractivity contribution in [3.05, 3.63) is 0 Å². The third-order valence-corrected chi connectivity index (χ3v) is 4.68. The first-order valence-electron chi connectivity index (χ1n) is 11.1. The minimum absolute atomic E-state index is 0.815. The first-order chi connectivity index (χ1) is 17.1. The molecule has 0 aromatic carbocycles. The van der Waals surface area contributed by atoms with Gasteiger partial charge in [-0.3, -0.25) is 0 Å². The molecule has 212 valence electrons. The number of hydrogen-bond acceptors (Lipinski definition) is 16.